The van der Waals surface area contributed by atoms with Gasteiger partial charge < -0.3 is 15.6 Å². The maximum absolute atomic E-state index is 6.30. The van der Waals surface area contributed by atoms with E-state index in [4.69, 9.17) is 10.7 Å². The van der Waals surface area contributed by atoms with Gasteiger partial charge in [0.05, 0.1) is 15.7 Å². The highest BCUT2D eigenvalue weighted by Crippen LogP contribution is 2.33. The second-order valence-corrected chi connectivity index (χ2v) is 9.31. The number of unbranched alkanes of at least 4 members (excludes halogenated alkanes) is 1. The number of rotatable bonds is 7. The van der Waals surface area contributed by atoms with Crippen LogP contribution in [0.2, 0.25) is 0 Å². The number of nitrogen functional groups attached to an aromatic ring is 1. The minimum absolute atomic E-state index is 0.531. The van der Waals surface area contributed by atoms with Crippen LogP contribution in [0, 0.1) is 0 Å². The first-order valence-corrected chi connectivity index (χ1v) is 12.1. The maximum atomic E-state index is 6.30. The standard InChI is InChI=1S/C24H30N6S/c1-2-3-4-20-28-21-22(23-19(9-14-31-23)27-24(21)25)30(20)16-18-7-5-17(6-8-18)15-29-12-10-26-11-13-29/h5-9,14,26H,2-4,10-13,15-16H2,1H3,(H2,25,27). The molecule has 1 aliphatic heterocycles. The number of imidazole rings is 1. The summed E-state index contributed by atoms with van der Waals surface area (Å²) in [6, 6.07) is 11.1. The Bertz CT molecular complexity index is 1170. The van der Waals surface area contributed by atoms with E-state index in [2.05, 4.69) is 56.3 Å². The zero-order valence-electron chi connectivity index (χ0n) is 18.1. The molecule has 0 atom stereocenters. The number of nitrogens with one attached hydrogen (secondary N) is 1. The van der Waals surface area contributed by atoms with Gasteiger partial charge in [-0.05, 0) is 29.0 Å². The predicted octanol–water partition coefficient (Wildman–Crippen LogP) is 4.02. The van der Waals surface area contributed by atoms with Gasteiger partial charge in [-0.15, -0.1) is 11.3 Å². The van der Waals surface area contributed by atoms with Crippen molar-refractivity contribution in [2.45, 2.75) is 39.3 Å². The lowest BCUT2D eigenvalue weighted by atomic mass is 10.1. The van der Waals surface area contributed by atoms with Crippen LogP contribution in [0.4, 0.5) is 5.82 Å². The Morgan fingerprint density at radius 2 is 1.77 bits per heavy atom. The van der Waals surface area contributed by atoms with Crippen LogP contribution in [-0.2, 0) is 19.5 Å². The average Bonchev–Trinajstić information content (AvgIpc) is 3.39. The van der Waals surface area contributed by atoms with Crippen molar-refractivity contribution < 1.29 is 0 Å². The highest BCUT2D eigenvalue weighted by molar-refractivity contribution is 7.18. The highest BCUT2D eigenvalue weighted by Gasteiger charge is 2.18. The molecule has 31 heavy (non-hydrogen) atoms. The number of thiophene rings is 1. The minimum atomic E-state index is 0.531. The molecule has 6 nitrogen and oxygen atoms in total. The molecule has 3 N–H and O–H groups in total. The first-order valence-electron chi connectivity index (χ1n) is 11.3. The van der Waals surface area contributed by atoms with E-state index in [1.54, 1.807) is 11.3 Å². The number of pyridine rings is 1. The number of hydrogen-bond donors (Lipinski definition) is 2. The molecule has 4 aromatic rings. The van der Waals surface area contributed by atoms with Crippen molar-refractivity contribution in [3.05, 3.63) is 52.7 Å². The zero-order chi connectivity index (χ0) is 21.2. The molecule has 3 aromatic heterocycles. The Morgan fingerprint density at radius 3 is 2.52 bits per heavy atom. The Balaban J connectivity index is 1.47. The van der Waals surface area contributed by atoms with Gasteiger partial charge in [-0.25, -0.2) is 9.97 Å². The smallest absolute Gasteiger partial charge is 0.152 e. The van der Waals surface area contributed by atoms with E-state index in [9.17, 15) is 0 Å². The molecule has 5 rings (SSSR count). The minimum Gasteiger partial charge on any atom is -0.382 e. The van der Waals surface area contributed by atoms with Crippen molar-refractivity contribution in [3.63, 3.8) is 0 Å². The van der Waals surface area contributed by atoms with Crippen molar-refractivity contribution in [2.75, 3.05) is 31.9 Å². The van der Waals surface area contributed by atoms with Gasteiger partial charge in [0, 0.05) is 45.7 Å². The highest BCUT2D eigenvalue weighted by atomic mass is 32.1. The normalized spacial score (nSPS) is 15.3. The third-order valence-corrected chi connectivity index (χ3v) is 7.03. The molecule has 162 valence electrons. The van der Waals surface area contributed by atoms with E-state index in [1.165, 1.54) is 15.8 Å². The van der Waals surface area contributed by atoms with E-state index < -0.39 is 0 Å². The second-order valence-electron chi connectivity index (χ2n) is 8.39. The summed E-state index contributed by atoms with van der Waals surface area (Å²) in [5.74, 6) is 1.64. The first-order chi connectivity index (χ1) is 15.2. The predicted molar refractivity (Wildman–Crippen MR) is 130 cm³/mol. The molecule has 0 spiro atoms. The number of aromatic nitrogens is 3. The molecule has 0 bridgehead atoms. The Morgan fingerprint density at radius 1 is 1.03 bits per heavy atom. The molecule has 4 heterocycles. The first kappa shape index (κ1) is 20.4. The van der Waals surface area contributed by atoms with Gasteiger partial charge in [-0.3, -0.25) is 4.90 Å². The second kappa shape index (κ2) is 8.94. The van der Waals surface area contributed by atoms with E-state index in [0.29, 0.717) is 5.82 Å². The molecule has 0 unspecified atom stereocenters. The van der Waals surface area contributed by atoms with Gasteiger partial charge in [0.1, 0.15) is 11.3 Å². The summed E-state index contributed by atoms with van der Waals surface area (Å²) in [5.41, 5.74) is 11.9. The fourth-order valence-corrected chi connectivity index (χ4v) is 5.30. The van der Waals surface area contributed by atoms with Gasteiger partial charge in [0.2, 0.25) is 0 Å². The van der Waals surface area contributed by atoms with E-state index >= 15 is 0 Å². The van der Waals surface area contributed by atoms with Crippen LogP contribution in [0.15, 0.2) is 35.7 Å². The molecule has 1 fully saturated rings. The number of anilines is 1. The van der Waals surface area contributed by atoms with Gasteiger partial charge >= 0.3 is 0 Å². The summed E-state index contributed by atoms with van der Waals surface area (Å²) in [5, 5.41) is 5.51. The third-order valence-electron chi connectivity index (χ3n) is 6.12. The molecular formula is C24H30N6S. The molecule has 7 heteroatoms. The molecule has 1 saturated heterocycles. The number of piperazine rings is 1. The Labute approximate surface area is 187 Å². The molecule has 0 saturated carbocycles. The molecule has 0 radical (unpaired) electrons. The lowest BCUT2D eigenvalue weighted by Crippen LogP contribution is -2.42. The van der Waals surface area contributed by atoms with Crippen molar-refractivity contribution in [2.24, 2.45) is 0 Å². The fourth-order valence-electron chi connectivity index (χ4n) is 4.41. The molecule has 1 aromatic carbocycles. The molecular weight excluding hydrogens is 404 g/mol. The van der Waals surface area contributed by atoms with Gasteiger partial charge in [-0.1, -0.05) is 37.6 Å². The Hall–Kier alpha value is -2.48. The summed E-state index contributed by atoms with van der Waals surface area (Å²) in [6.07, 6.45) is 3.22. The topological polar surface area (TPSA) is 72.0 Å². The lowest BCUT2D eigenvalue weighted by molar-refractivity contribution is 0.233. The van der Waals surface area contributed by atoms with Crippen LogP contribution in [0.5, 0.6) is 0 Å². The summed E-state index contributed by atoms with van der Waals surface area (Å²) in [7, 11) is 0. The SMILES string of the molecule is CCCCc1nc2c(N)nc3ccsc3c2n1Cc1ccc(CN2CCNCC2)cc1. The fraction of sp³-hybridized carbons (Fsp3) is 0.417. The molecule has 0 aliphatic carbocycles. The van der Waals surface area contributed by atoms with E-state index in [1.807, 2.05) is 6.07 Å². The van der Waals surface area contributed by atoms with E-state index in [-0.39, 0.29) is 0 Å². The van der Waals surface area contributed by atoms with Crippen molar-refractivity contribution in [3.8, 4) is 0 Å². The lowest BCUT2D eigenvalue weighted by Gasteiger charge is -2.27. The van der Waals surface area contributed by atoms with Crippen LogP contribution in [0.1, 0.15) is 36.7 Å². The van der Waals surface area contributed by atoms with E-state index in [0.717, 1.165) is 80.9 Å². The number of benzene rings is 1. The number of nitrogens with zero attached hydrogens (tertiary/aromatic N) is 4. The number of hydrogen-bond acceptors (Lipinski definition) is 6. The molecule has 0 amide bonds. The molecule has 1 aliphatic rings. The van der Waals surface area contributed by atoms with Crippen molar-refractivity contribution in [1.29, 1.82) is 0 Å². The van der Waals surface area contributed by atoms with Gasteiger partial charge in [-0.2, -0.15) is 0 Å². The van der Waals surface area contributed by atoms with Crippen molar-refractivity contribution in [1.82, 2.24) is 24.8 Å². The summed E-state index contributed by atoms with van der Waals surface area (Å²) < 4.78 is 3.54. The zero-order valence-corrected chi connectivity index (χ0v) is 18.9. The number of aryl methyl sites for hydroxylation is 1. The number of nitrogens with two attached hydrogens (primary N) is 1. The largest absolute Gasteiger partial charge is 0.382 e. The van der Waals surface area contributed by atoms with Crippen LogP contribution in [0.3, 0.4) is 0 Å². The summed E-state index contributed by atoms with van der Waals surface area (Å²) in [6.45, 7) is 8.46. The monoisotopic (exact) mass is 434 g/mol. The van der Waals surface area contributed by atoms with Crippen LogP contribution in [-0.4, -0.2) is 45.6 Å². The summed E-state index contributed by atoms with van der Waals surface area (Å²) >= 11 is 1.72. The third kappa shape index (κ3) is 4.18. The van der Waals surface area contributed by atoms with Crippen LogP contribution >= 0.6 is 11.3 Å². The Kier molecular flexibility index (Phi) is 5.89. The van der Waals surface area contributed by atoms with Crippen LogP contribution in [0.25, 0.3) is 21.3 Å². The van der Waals surface area contributed by atoms with Gasteiger partial charge in [0.25, 0.3) is 0 Å². The van der Waals surface area contributed by atoms with Crippen LogP contribution < -0.4 is 11.1 Å². The van der Waals surface area contributed by atoms with Crippen molar-refractivity contribution >= 4 is 38.4 Å². The maximum Gasteiger partial charge on any atom is 0.152 e. The summed E-state index contributed by atoms with van der Waals surface area (Å²) in [4.78, 5) is 12.0. The quantitative estimate of drug-likeness (QED) is 0.460. The number of fused-ring (bicyclic) bond motifs is 3. The average molecular weight is 435 g/mol. The van der Waals surface area contributed by atoms with Gasteiger partial charge in [0.15, 0.2) is 5.82 Å².